The van der Waals surface area contributed by atoms with Gasteiger partial charge in [-0.25, -0.2) is 4.98 Å². The molecule has 0 aromatic carbocycles. The van der Waals surface area contributed by atoms with Gasteiger partial charge < -0.3 is 5.11 Å². The van der Waals surface area contributed by atoms with Gasteiger partial charge in [-0.1, -0.05) is 11.8 Å². The van der Waals surface area contributed by atoms with Crippen LogP contribution in [0, 0.1) is 6.92 Å². The normalized spacial score (nSPS) is 27.1. The van der Waals surface area contributed by atoms with Crippen LogP contribution in [0.3, 0.4) is 0 Å². The maximum Gasteiger partial charge on any atom is 0.323 e. The number of carboxylic acids is 1. The quantitative estimate of drug-likeness (QED) is 0.869. The standard InChI is InChI=1S/C12H19N3O2S2/c1-7(2)14-12(10(16)17)5-4-9(6-12)18-11-13-8(3)15-19-11/h7,9,14H,4-6H2,1-3H3,(H,16,17). The van der Waals surface area contributed by atoms with Crippen molar-refractivity contribution < 1.29 is 9.90 Å². The van der Waals surface area contributed by atoms with Crippen molar-refractivity contribution in [2.75, 3.05) is 0 Å². The second-order valence-corrected chi connectivity index (χ2v) is 7.58. The molecule has 0 saturated heterocycles. The van der Waals surface area contributed by atoms with Gasteiger partial charge in [-0.15, -0.1) is 0 Å². The first-order chi connectivity index (χ1) is 8.91. The van der Waals surface area contributed by atoms with E-state index in [-0.39, 0.29) is 6.04 Å². The number of hydrogen-bond donors (Lipinski definition) is 2. The number of nitrogens with zero attached hydrogens (tertiary/aromatic N) is 2. The number of carboxylic acid groups (broad SMARTS) is 1. The van der Waals surface area contributed by atoms with E-state index in [1.165, 1.54) is 11.5 Å². The van der Waals surface area contributed by atoms with E-state index in [0.29, 0.717) is 18.1 Å². The van der Waals surface area contributed by atoms with Crippen molar-refractivity contribution in [3.8, 4) is 0 Å². The Bertz CT molecular complexity index is 464. The van der Waals surface area contributed by atoms with Gasteiger partial charge in [0.25, 0.3) is 0 Å². The summed E-state index contributed by atoms with van der Waals surface area (Å²) in [6, 6.07) is 0.170. The number of aliphatic carboxylic acids is 1. The molecule has 1 aliphatic carbocycles. The molecule has 0 aliphatic heterocycles. The van der Waals surface area contributed by atoms with Crippen LogP contribution >= 0.6 is 23.3 Å². The molecular formula is C12H19N3O2S2. The minimum atomic E-state index is -0.772. The topological polar surface area (TPSA) is 75.1 Å². The summed E-state index contributed by atoms with van der Waals surface area (Å²) in [7, 11) is 0. The summed E-state index contributed by atoms with van der Waals surface area (Å²) in [4.78, 5) is 15.9. The second-order valence-electron chi connectivity index (χ2n) is 5.28. The fourth-order valence-corrected chi connectivity index (χ4v) is 4.70. The van der Waals surface area contributed by atoms with E-state index in [0.717, 1.165) is 16.6 Å². The molecule has 2 atom stereocenters. The molecule has 1 aromatic heterocycles. The van der Waals surface area contributed by atoms with Gasteiger partial charge in [0.1, 0.15) is 11.4 Å². The zero-order chi connectivity index (χ0) is 14.0. The smallest absolute Gasteiger partial charge is 0.323 e. The van der Waals surface area contributed by atoms with Crippen LogP contribution in [0.4, 0.5) is 0 Å². The van der Waals surface area contributed by atoms with E-state index >= 15 is 0 Å². The fraction of sp³-hybridized carbons (Fsp3) is 0.750. The largest absolute Gasteiger partial charge is 0.480 e. The van der Waals surface area contributed by atoms with Crippen molar-refractivity contribution in [2.45, 2.75) is 61.2 Å². The van der Waals surface area contributed by atoms with Gasteiger partial charge in [0, 0.05) is 11.3 Å². The Balaban J connectivity index is 2.02. The van der Waals surface area contributed by atoms with E-state index in [9.17, 15) is 9.90 Å². The average Bonchev–Trinajstić information content (AvgIpc) is 2.87. The SMILES string of the molecule is Cc1nsc(SC2CCC(NC(C)C)(C(=O)O)C2)n1. The molecule has 2 unspecified atom stereocenters. The van der Waals surface area contributed by atoms with Gasteiger partial charge in [0.2, 0.25) is 0 Å². The van der Waals surface area contributed by atoms with Crippen molar-refractivity contribution in [1.29, 1.82) is 0 Å². The second kappa shape index (κ2) is 5.76. The lowest BCUT2D eigenvalue weighted by molar-refractivity contribution is -0.145. The van der Waals surface area contributed by atoms with E-state index < -0.39 is 11.5 Å². The molecule has 0 amide bonds. The Morgan fingerprint density at radius 1 is 1.63 bits per heavy atom. The highest BCUT2D eigenvalue weighted by molar-refractivity contribution is 8.01. The molecule has 0 bridgehead atoms. The number of thioether (sulfide) groups is 1. The van der Waals surface area contributed by atoms with Crippen molar-refractivity contribution in [2.24, 2.45) is 0 Å². The zero-order valence-corrected chi connectivity index (χ0v) is 13.0. The van der Waals surface area contributed by atoms with Crippen LogP contribution in [0.5, 0.6) is 0 Å². The third-order valence-electron chi connectivity index (χ3n) is 3.22. The molecule has 1 saturated carbocycles. The van der Waals surface area contributed by atoms with Crippen molar-refractivity contribution in [1.82, 2.24) is 14.7 Å². The molecule has 1 fully saturated rings. The number of hydrogen-bond acceptors (Lipinski definition) is 6. The summed E-state index contributed by atoms with van der Waals surface area (Å²) < 4.78 is 5.09. The molecule has 19 heavy (non-hydrogen) atoms. The monoisotopic (exact) mass is 301 g/mol. The molecule has 0 radical (unpaired) electrons. The summed E-state index contributed by atoms with van der Waals surface area (Å²) in [6.07, 6.45) is 2.22. The van der Waals surface area contributed by atoms with Crippen molar-refractivity contribution in [3.63, 3.8) is 0 Å². The molecule has 1 heterocycles. The third-order valence-corrected chi connectivity index (χ3v) is 5.36. The predicted octanol–water partition coefficient (Wildman–Crippen LogP) is 2.31. The first-order valence-corrected chi connectivity index (χ1v) is 8.05. The van der Waals surface area contributed by atoms with Crippen LogP contribution in [-0.4, -0.2) is 37.3 Å². The summed E-state index contributed by atoms with van der Waals surface area (Å²) in [5, 5.41) is 13.0. The first-order valence-electron chi connectivity index (χ1n) is 6.39. The maximum absolute atomic E-state index is 11.6. The fourth-order valence-electron chi connectivity index (χ4n) is 2.51. The Morgan fingerprint density at radius 3 is 2.89 bits per heavy atom. The molecular weight excluding hydrogens is 282 g/mol. The van der Waals surface area contributed by atoms with Gasteiger partial charge in [-0.05, 0) is 51.6 Å². The molecule has 7 heteroatoms. The minimum Gasteiger partial charge on any atom is -0.480 e. The van der Waals surface area contributed by atoms with Crippen LogP contribution in [0.15, 0.2) is 4.34 Å². The predicted molar refractivity (Wildman–Crippen MR) is 76.8 cm³/mol. The number of aromatic nitrogens is 2. The van der Waals surface area contributed by atoms with E-state index in [1.54, 1.807) is 11.8 Å². The highest BCUT2D eigenvalue weighted by Gasteiger charge is 2.46. The van der Waals surface area contributed by atoms with Crippen molar-refractivity contribution >= 4 is 29.3 Å². The molecule has 5 nitrogen and oxygen atoms in total. The summed E-state index contributed by atoms with van der Waals surface area (Å²) in [5.74, 6) is 0.0491. The van der Waals surface area contributed by atoms with Crippen LogP contribution in [0.2, 0.25) is 0 Å². The Morgan fingerprint density at radius 2 is 2.37 bits per heavy atom. The lowest BCUT2D eigenvalue weighted by Gasteiger charge is -2.28. The van der Waals surface area contributed by atoms with Crippen LogP contribution in [-0.2, 0) is 4.79 Å². The average molecular weight is 301 g/mol. The highest BCUT2D eigenvalue weighted by atomic mass is 32.2. The lowest BCUT2D eigenvalue weighted by Crippen LogP contribution is -2.53. The maximum atomic E-state index is 11.6. The molecule has 2 rings (SSSR count). The van der Waals surface area contributed by atoms with Gasteiger partial charge in [-0.2, -0.15) is 4.37 Å². The van der Waals surface area contributed by atoms with Gasteiger partial charge in [-0.3, -0.25) is 10.1 Å². The Hall–Kier alpha value is -0.660. The number of aryl methyl sites for hydroxylation is 1. The molecule has 2 N–H and O–H groups in total. The Kier molecular flexibility index (Phi) is 4.47. The first kappa shape index (κ1) is 14.7. The molecule has 1 aliphatic rings. The summed E-state index contributed by atoms with van der Waals surface area (Å²) in [6.45, 7) is 5.84. The van der Waals surface area contributed by atoms with Gasteiger partial charge >= 0.3 is 5.97 Å². The zero-order valence-electron chi connectivity index (χ0n) is 11.3. The Labute approximate surface area is 121 Å². The van der Waals surface area contributed by atoms with E-state index in [1.807, 2.05) is 20.8 Å². The highest BCUT2D eigenvalue weighted by Crippen LogP contribution is 2.41. The number of nitrogens with one attached hydrogen (secondary N) is 1. The minimum absolute atomic E-state index is 0.170. The number of carbonyl (C=O) groups is 1. The van der Waals surface area contributed by atoms with E-state index in [4.69, 9.17) is 0 Å². The van der Waals surface area contributed by atoms with Crippen LogP contribution in [0.25, 0.3) is 0 Å². The number of rotatable bonds is 5. The van der Waals surface area contributed by atoms with E-state index in [2.05, 4.69) is 14.7 Å². The van der Waals surface area contributed by atoms with Crippen LogP contribution in [0.1, 0.15) is 38.9 Å². The van der Waals surface area contributed by atoms with Crippen molar-refractivity contribution in [3.05, 3.63) is 5.82 Å². The van der Waals surface area contributed by atoms with Gasteiger partial charge in [0.05, 0.1) is 0 Å². The molecule has 1 aromatic rings. The third kappa shape index (κ3) is 3.46. The van der Waals surface area contributed by atoms with Gasteiger partial charge in [0.15, 0.2) is 4.34 Å². The summed E-state index contributed by atoms with van der Waals surface area (Å²) in [5.41, 5.74) is -0.772. The summed E-state index contributed by atoms with van der Waals surface area (Å²) >= 11 is 3.05. The lowest BCUT2D eigenvalue weighted by atomic mass is 9.97. The molecule has 0 spiro atoms. The molecule has 106 valence electrons. The van der Waals surface area contributed by atoms with Crippen LogP contribution < -0.4 is 5.32 Å².